The maximum Gasteiger partial charge on any atom is 0.246 e. The van der Waals surface area contributed by atoms with Crippen LogP contribution in [0.15, 0.2) is 61.2 Å². The van der Waals surface area contributed by atoms with Crippen LogP contribution in [0.3, 0.4) is 0 Å². The number of rotatable bonds is 5. The van der Waals surface area contributed by atoms with E-state index < -0.39 is 11.0 Å². The standard InChI is InChI=1S/C30H36N2O3/c1-4-15-32-16-14-29-20-24(31(3)28(34)11-8-22-7-5-6-21(2)17-22)12-13-30(29,35)27(32)18-23-9-10-25(33)19-26(23)29/h4-11,17,19,24,27,33,35H,1,12-16,18,20H2,2-3H3/t24-,27+,29+,30-/m0/s1. The number of likely N-dealkylation sites (N-methyl/N-ethyl adjacent to an activating group) is 1. The largest absolute Gasteiger partial charge is 0.508 e. The Labute approximate surface area is 208 Å². The lowest BCUT2D eigenvalue weighted by Gasteiger charge is -2.65. The topological polar surface area (TPSA) is 64.0 Å². The van der Waals surface area contributed by atoms with Crippen molar-refractivity contribution < 1.29 is 15.0 Å². The van der Waals surface area contributed by atoms with E-state index in [0.29, 0.717) is 12.8 Å². The zero-order valence-corrected chi connectivity index (χ0v) is 20.8. The number of fused-ring (bicyclic) bond motifs is 1. The van der Waals surface area contributed by atoms with E-state index in [-0.39, 0.29) is 23.7 Å². The van der Waals surface area contributed by atoms with Crippen molar-refractivity contribution in [1.82, 2.24) is 9.80 Å². The Morgan fingerprint density at radius 3 is 2.86 bits per heavy atom. The van der Waals surface area contributed by atoms with Crippen LogP contribution in [-0.2, 0) is 16.6 Å². The minimum atomic E-state index is -0.896. The van der Waals surface area contributed by atoms with Crippen LogP contribution >= 0.6 is 0 Å². The third-order valence-corrected chi connectivity index (χ3v) is 8.83. The highest BCUT2D eigenvalue weighted by Gasteiger charge is 2.64. The monoisotopic (exact) mass is 472 g/mol. The van der Waals surface area contributed by atoms with Crippen LogP contribution < -0.4 is 0 Å². The Morgan fingerprint density at radius 1 is 1.26 bits per heavy atom. The van der Waals surface area contributed by atoms with E-state index in [1.165, 1.54) is 5.56 Å². The summed E-state index contributed by atoms with van der Waals surface area (Å²) < 4.78 is 0. The predicted octanol–water partition coefficient (Wildman–Crippen LogP) is 4.21. The van der Waals surface area contributed by atoms with Gasteiger partial charge in [-0.05, 0) is 80.5 Å². The van der Waals surface area contributed by atoms with Crippen molar-refractivity contribution in [3.63, 3.8) is 0 Å². The van der Waals surface area contributed by atoms with Crippen LogP contribution in [0.2, 0.25) is 0 Å². The molecular formula is C30H36N2O3. The molecule has 2 aromatic rings. The molecule has 1 saturated carbocycles. The molecular weight excluding hydrogens is 436 g/mol. The van der Waals surface area contributed by atoms with Gasteiger partial charge in [-0.15, -0.1) is 6.58 Å². The first-order valence-corrected chi connectivity index (χ1v) is 12.7. The van der Waals surface area contributed by atoms with Gasteiger partial charge in [0.15, 0.2) is 0 Å². The Balaban J connectivity index is 1.46. The zero-order chi connectivity index (χ0) is 24.8. The molecule has 2 fully saturated rings. The van der Waals surface area contributed by atoms with Gasteiger partial charge in [-0.1, -0.05) is 42.0 Å². The van der Waals surface area contributed by atoms with Gasteiger partial charge in [0.1, 0.15) is 5.75 Å². The minimum Gasteiger partial charge on any atom is -0.508 e. The fourth-order valence-corrected chi connectivity index (χ4v) is 7.03. The van der Waals surface area contributed by atoms with Crippen molar-refractivity contribution in [2.24, 2.45) is 0 Å². The number of phenolic OH excluding ortho intramolecular Hbond substituents is 1. The molecule has 1 saturated heterocycles. The number of likely N-dealkylation sites (tertiary alicyclic amines) is 1. The molecule has 2 bridgehead atoms. The third kappa shape index (κ3) is 3.91. The van der Waals surface area contributed by atoms with Gasteiger partial charge in [0.25, 0.3) is 0 Å². The highest BCUT2D eigenvalue weighted by Crippen LogP contribution is 2.59. The van der Waals surface area contributed by atoms with Crippen molar-refractivity contribution in [3.05, 3.63) is 83.4 Å². The number of hydrogen-bond acceptors (Lipinski definition) is 4. The van der Waals surface area contributed by atoms with E-state index in [9.17, 15) is 15.0 Å². The average Bonchev–Trinajstić information content (AvgIpc) is 2.84. The highest BCUT2D eigenvalue weighted by molar-refractivity contribution is 5.91. The van der Waals surface area contributed by atoms with Crippen LogP contribution in [0.1, 0.15) is 47.9 Å². The second-order valence-electron chi connectivity index (χ2n) is 10.7. The molecule has 1 heterocycles. The quantitative estimate of drug-likeness (QED) is 0.506. The first kappa shape index (κ1) is 23.8. The number of aromatic hydroxyl groups is 1. The van der Waals surface area contributed by atoms with Crippen molar-refractivity contribution >= 4 is 12.0 Å². The molecule has 5 heteroatoms. The number of carbonyl (C=O) groups is 1. The van der Waals surface area contributed by atoms with Crippen LogP contribution in [-0.4, -0.2) is 63.7 Å². The molecule has 35 heavy (non-hydrogen) atoms. The molecule has 0 unspecified atom stereocenters. The molecule has 0 radical (unpaired) electrons. The molecule has 4 atom stereocenters. The summed E-state index contributed by atoms with van der Waals surface area (Å²) in [5, 5.41) is 22.7. The van der Waals surface area contributed by atoms with E-state index in [0.717, 1.165) is 49.0 Å². The first-order chi connectivity index (χ1) is 16.8. The Morgan fingerprint density at radius 2 is 2.09 bits per heavy atom. The lowest BCUT2D eigenvalue weighted by atomic mass is 9.48. The summed E-state index contributed by atoms with van der Waals surface area (Å²) in [7, 11) is 1.88. The van der Waals surface area contributed by atoms with Gasteiger partial charge in [-0.25, -0.2) is 0 Å². The minimum absolute atomic E-state index is 0.00877. The molecule has 0 spiro atoms. The Hall–Kier alpha value is -2.89. The molecule has 184 valence electrons. The molecule has 2 aliphatic carbocycles. The van der Waals surface area contributed by atoms with Gasteiger partial charge in [0.05, 0.1) is 5.60 Å². The lowest BCUT2D eigenvalue weighted by molar-refractivity contribution is -0.175. The second kappa shape index (κ2) is 8.96. The summed E-state index contributed by atoms with van der Waals surface area (Å²) in [5.41, 5.74) is 3.05. The van der Waals surface area contributed by atoms with E-state index in [2.05, 4.69) is 17.5 Å². The third-order valence-electron chi connectivity index (χ3n) is 8.83. The fourth-order valence-electron chi connectivity index (χ4n) is 7.03. The summed E-state index contributed by atoms with van der Waals surface area (Å²) >= 11 is 0. The van der Waals surface area contributed by atoms with Crippen molar-refractivity contribution in [1.29, 1.82) is 0 Å². The second-order valence-corrected chi connectivity index (χ2v) is 10.7. The van der Waals surface area contributed by atoms with E-state index in [1.54, 1.807) is 12.1 Å². The van der Waals surface area contributed by atoms with Gasteiger partial charge < -0.3 is 15.1 Å². The number of carbonyl (C=O) groups excluding carboxylic acids is 1. The van der Waals surface area contributed by atoms with Gasteiger partial charge >= 0.3 is 0 Å². The number of piperidine rings is 1. The summed E-state index contributed by atoms with van der Waals surface area (Å²) in [6.45, 7) is 7.59. The lowest BCUT2D eigenvalue weighted by Crippen LogP contribution is -2.74. The van der Waals surface area contributed by atoms with Crippen LogP contribution in [0.25, 0.3) is 6.08 Å². The molecule has 3 aliphatic rings. The first-order valence-electron chi connectivity index (χ1n) is 12.7. The van der Waals surface area contributed by atoms with Crippen molar-refractivity contribution in [2.45, 2.75) is 62.1 Å². The smallest absolute Gasteiger partial charge is 0.246 e. The van der Waals surface area contributed by atoms with Gasteiger partial charge in [-0.2, -0.15) is 0 Å². The molecule has 1 aliphatic heterocycles. The maximum absolute atomic E-state index is 13.2. The van der Waals surface area contributed by atoms with Crippen molar-refractivity contribution in [3.8, 4) is 5.75 Å². The normalized spacial score (nSPS) is 29.9. The number of aryl methyl sites for hydroxylation is 1. The molecule has 1 amide bonds. The van der Waals surface area contributed by atoms with E-state index in [4.69, 9.17) is 0 Å². The summed E-state index contributed by atoms with van der Waals surface area (Å²) in [6, 6.07) is 13.8. The number of hydrogen-bond donors (Lipinski definition) is 2. The highest BCUT2D eigenvalue weighted by atomic mass is 16.3. The van der Waals surface area contributed by atoms with Crippen molar-refractivity contribution in [2.75, 3.05) is 20.1 Å². The number of amides is 1. The number of aliphatic hydroxyl groups is 1. The molecule has 5 rings (SSSR count). The van der Waals surface area contributed by atoms with Crippen LogP contribution in [0.4, 0.5) is 0 Å². The summed E-state index contributed by atoms with van der Waals surface area (Å²) in [5.74, 6) is 0.214. The molecule has 2 aromatic carbocycles. The van der Waals surface area contributed by atoms with Gasteiger partial charge in [0, 0.05) is 37.2 Å². The summed E-state index contributed by atoms with van der Waals surface area (Å²) in [6.07, 6.45) is 9.09. The van der Waals surface area contributed by atoms with E-state index >= 15 is 0 Å². The number of benzene rings is 2. The number of nitrogens with zero attached hydrogens (tertiary/aromatic N) is 2. The predicted molar refractivity (Wildman–Crippen MR) is 139 cm³/mol. The molecule has 5 nitrogen and oxygen atoms in total. The maximum atomic E-state index is 13.2. The van der Waals surface area contributed by atoms with Crippen LogP contribution in [0.5, 0.6) is 5.75 Å². The number of phenols is 1. The Kier molecular flexibility index (Phi) is 6.10. The van der Waals surface area contributed by atoms with Gasteiger partial charge in [0.2, 0.25) is 5.91 Å². The fraction of sp³-hybridized carbons (Fsp3) is 0.433. The van der Waals surface area contributed by atoms with Crippen LogP contribution in [0, 0.1) is 6.92 Å². The average molecular weight is 473 g/mol. The summed E-state index contributed by atoms with van der Waals surface area (Å²) in [4.78, 5) is 17.4. The zero-order valence-electron chi connectivity index (χ0n) is 20.8. The van der Waals surface area contributed by atoms with E-state index in [1.807, 2.05) is 61.4 Å². The Bertz CT molecular complexity index is 1170. The van der Waals surface area contributed by atoms with Gasteiger partial charge in [-0.3, -0.25) is 9.69 Å². The SMILES string of the molecule is C=CCN1CC[C@]23C[C@@H](N(C)C(=O)C=Cc4cccc(C)c4)CC[C@]2(O)[C@H]1Cc1ccc(O)cc13. The molecule has 2 N–H and O–H groups in total. The molecule has 0 aromatic heterocycles.